The minimum absolute atomic E-state index is 0.103. The number of aromatic nitrogens is 2. The van der Waals surface area contributed by atoms with Gasteiger partial charge in [0, 0.05) is 32.7 Å². The fourth-order valence-corrected chi connectivity index (χ4v) is 4.09. The molecule has 1 atom stereocenters. The third-order valence-electron chi connectivity index (χ3n) is 4.42. The van der Waals surface area contributed by atoms with E-state index in [1.807, 2.05) is 0 Å². The fraction of sp³-hybridized carbons (Fsp3) is 0.500. The first kappa shape index (κ1) is 19.8. The molecule has 0 radical (unpaired) electrons. The first-order valence-corrected chi connectivity index (χ1v) is 9.67. The van der Waals surface area contributed by atoms with E-state index >= 15 is 0 Å². The molecule has 0 bridgehead atoms. The van der Waals surface area contributed by atoms with E-state index in [9.17, 15) is 21.6 Å². The molecule has 27 heavy (non-hydrogen) atoms. The number of halogens is 3. The molecule has 3 rings (SSSR count). The molecule has 0 saturated carbocycles. The highest BCUT2D eigenvalue weighted by molar-refractivity contribution is 7.86. The van der Waals surface area contributed by atoms with Gasteiger partial charge in [-0.1, -0.05) is 0 Å². The van der Waals surface area contributed by atoms with Crippen LogP contribution in [0.4, 0.5) is 13.2 Å². The molecule has 1 aromatic carbocycles. The molecule has 0 spiro atoms. The summed E-state index contributed by atoms with van der Waals surface area (Å²) in [6.45, 7) is 0.631. The van der Waals surface area contributed by atoms with Crippen molar-refractivity contribution in [3.8, 4) is 11.5 Å². The molecule has 2 aromatic rings. The van der Waals surface area contributed by atoms with Crippen LogP contribution < -0.4 is 0 Å². The molecule has 1 unspecified atom stereocenters. The minimum atomic E-state index is -4.41. The quantitative estimate of drug-likeness (QED) is 0.783. The third-order valence-corrected chi connectivity index (χ3v) is 6.33. The van der Waals surface area contributed by atoms with Gasteiger partial charge < -0.3 is 4.42 Å². The van der Waals surface area contributed by atoms with Gasteiger partial charge in [-0.2, -0.15) is 30.2 Å². The van der Waals surface area contributed by atoms with Crippen molar-refractivity contribution >= 4 is 10.2 Å². The topological polar surface area (TPSA) is 79.5 Å². The summed E-state index contributed by atoms with van der Waals surface area (Å²) in [7, 11) is -0.601. The van der Waals surface area contributed by atoms with Crippen LogP contribution in [0.5, 0.6) is 0 Å². The fourth-order valence-electron chi connectivity index (χ4n) is 2.90. The lowest BCUT2D eigenvalue weighted by Crippen LogP contribution is -2.44. The SMILES string of the molecule is CN(C)S(=O)(=O)N1CCCC(c2nnc(-c3ccc(C(F)(F)F)cc3)o2)C1. The summed E-state index contributed by atoms with van der Waals surface area (Å²) in [5.41, 5.74) is -0.391. The molecule has 0 N–H and O–H groups in total. The molecule has 0 amide bonds. The van der Waals surface area contributed by atoms with Crippen LogP contribution >= 0.6 is 0 Å². The maximum Gasteiger partial charge on any atom is 0.416 e. The first-order valence-electron chi connectivity index (χ1n) is 8.27. The highest BCUT2D eigenvalue weighted by Gasteiger charge is 2.34. The number of hydrogen-bond acceptors (Lipinski definition) is 5. The molecule has 0 aliphatic carbocycles. The minimum Gasteiger partial charge on any atom is -0.420 e. The second-order valence-corrected chi connectivity index (χ2v) is 8.65. The Labute approximate surface area is 155 Å². The molecule has 1 aliphatic rings. The Balaban J connectivity index is 1.77. The number of hydrogen-bond donors (Lipinski definition) is 0. The second kappa shape index (κ2) is 7.21. The predicted octanol–water partition coefficient (Wildman–Crippen LogP) is 2.74. The smallest absolute Gasteiger partial charge is 0.416 e. The van der Waals surface area contributed by atoms with Gasteiger partial charge in [0.2, 0.25) is 11.8 Å². The van der Waals surface area contributed by atoms with E-state index in [1.54, 1.807) is 0 Å². The van der Waals surface area contributed by atoms with Crippen LogP contribution in [0.2, 0.25) is 0 Å². The molecular formula is C16H19F3N4O3S. The standard InChI is InChI=1S/C16H19F3N4O3S/c1-22(2)27(24,25)23-9-3-4-12(10-23)15-21-20-14(26-15)11-5-7-13(8-6-11)16(17,18)19/h5-8,12H,3-4,9-10H2,1-2H3. The van der Waals surface area contributed by atoms with Crippen molar-refractivity contribution in [2.24, 2.45) is 0 Å². The van der Waals surface area contributed by atoms with Crippen LogP contribution in [0.15, 0.2) is 28.7 Å². The maximum atomic E-state index is 12.7. The number of rotatable bonds is 4. The van der Waals surface area contributed by atoms with Gasteiger partial charge in [-0.15, -0.1) is 10.2 Å². The van der Waals surface area contributed by atoms with E-state index < -0.39 is 21.9 Å². The summed E-state index contributed by atoms with van der Waals surface area (Å²) in [5, 5.41) is 7.87. The molecule has 1 aromatic heterocycles. The van der Waals surface area contributed by atoms with E-state index in [4.69, 9.17) is 4.42 Å². The van der Waals surface area contributed by atoms with E-state index in [1.165, 1.54) is 30.5 Å². The van der Waals surface area contributed by atoms with Crippen LogP contribution in [0, 0.1) is 0 Å². The Morgan fingerprint density at radius 1 is 1.19 bits per heavy atom. The lowest BCUT2D eigenvalue weighted by molar-refractivity contribution is -0.137. The molecule has 1 fully saturated rings. The van der Waals surface area contributed by atoms with Gasteiger partial charge >= 0.3 is 6.18 Å². The van der Waals surface area contributed by atoms with E-state index in [-0.39, 0.29) is 24.2 Å². The van der Waals surface area contributed by atoms with Crippen LogP contribution in [-0.4, -0.2) is 54.4 Å². The number of piperidine rings is 1. The Morgan fingerprint density at radius 2 is 1.85 bits per heavy atom. The van der Waals surface area contributed by atoms with E-state index in [2.05, 4.69) is 10.2 Å². The van der Waals surface area contributed by atoms with Crippen molar-refractivity contribution < 1.29 is 26.0 Å². The van der Waals surface area contributed by atoms with Gasteiger partial charge in [0.25, 0.3) is 10.2 Å². The Kier molecular flexibility index (Phi) is 5.28. The predicted molar refractivity (Wildman–Crippen MR) is 90.9 cm³/mol. The number of nitrogens with zero attached hydrogens (tertiary/aromatic N) is 4. The van der Waals surface area contributed by atoms with Gasteiger partial charge in [-0.3, -0.25) is 0 Å². The zero-order valence-electron chi connectivity index (χ0n) is 14.8. The van der Waals surface area contributed by atoms with Crippen LogP contribution in [-0.2, 0) is 16.4 Å². The Morgan fingerprint density at radius 3 is 2.44 bits per heavy atom. The highest BCUT2D eigenvalue weighted by Crippen LogP contribution is 2.32. The summed E-state index contributed by atoms with van der Waals surface area (Å²) in [5.74, 6) is 0.124. The van der Waals surface area contributed by atoms with Crippen molar-refractivity contribution in [2.75, 3.05) is 27.2 Å². The zero-order chi connectivity index (χ0) is 19.8. The van der Waals surface area contributed by atoms with Gasteiger partial charge in [-0.25, -0.2) is 0 Å². The monoisotopic (exact) mass is 404 g/mol. The van der Waals surface area contributed by atoms with Crippen LogP contribution in [0.3, 0.4) is 0 Å². The summed E-state index contributed by atoms with van der Waals surface area (Å²) < 4.78 is 70.7. The van der Waals surface area contributed by atoms with Crippen molar-refractivity contribution in [3.63, 3.8) is 0 Å². The van der Waals surface area contributed by atoms with Crippen molar-refractivity contribution in [1.82, 2.24) is 18.8 Å². The van der Waals surface area contributed by atoms with Crippen molar-refractivity contribution in [3.05, 3.63) is 35.7 Å². The third kappa shape index (κ3) is 4.14. The molecule has 1 aliphatic heterocycles. The van der Waals surface area contributed by atoms with Crippen molar-refractivity contribution in [2.45, 2.75) is 24.9 Å². The van der Waals surface area contributed by atoms with Crippen LogP contribution in [0.25, 0.3) is 11.5 Å². The van der Waals surface area contributed by atoms with Gasteiger partial charge in [0.1, 0.15) is 0 Å². The average Bonchev–Trinajstić information content (AvgIpc) is 3.11. The molecule has 11 heteroatoms. The largest absolute Gasteiger partial charge is 0.420 e. The Hall–Kier alpha value is -1.98. The number of alkyl halides is 3. The van der Waals surface area contributed by atoms with Gasteiger partial charge in [-0.05, 0) is 37.1 Å². The summed E-state index contributed by atoms with van der Waals surface area (Å²) >= 11 is 0. The van der Waals surface area contributed by atoms with Gasteiger partial charge in [0.15, 0.2) is 0 Å². The average molecular weight is 404 g/mol. The summed E-state index contributed by atoms with van der Waals surface area (Å²) in [4.78, 5) is 0. The first-order chi connectivity index (χ1) is 12.6. The van der Waals surface area contributed by atoms with Crippen LogP contribution in [0.1, 0.15) is 30.2 Å². The van der Waals surface area contributed by atoms with E-state index in [0.29, 0.717) is 24.9 Å². The van der Waals surface area contributed by atoms with E-state index in [0.717, 1.165) is 16.4 Å². The van der Waals surface area contributed by atoms with Gasteiger partial charge in [0.05, 0.1) is 11.5 Å². The number of benzene rings is 1. The lowest BCUT2D eigenvalue weighted by Gasteiger charge is -2.31. The summed E-state index contributed by atoms with van der Waals surface area (Å²) in [6, 6.07) is 4.43. The molecular weight excluding hydrogens is 385 g/mol. The second-order valence-electron chi connectivity index (χ2n) is 6.51. The normalized spacial score (nSPS) is 19.6. The Bertz CT molecular complexity index is 894. The molecule has 7 nitrogen and oxygen atoms in total. The molecule has 148 valence electrons. The molecule has 1 saturated heterocycles. The van der Waals surface area contributed by atoms with Crippen molar-refractivity contribution in [1.29, 1.82) is 0 Å². The summed E-state index contributed by atoms with van der Waals surface area (Å²) in [6.07, 6.45) is -3.08. The zero-order valence-corrected chi connectivity index (χ0v) is 15.6. The lowest BCUT2D eigenvalue weighted by atomic mass is 10.00. The molecule has 2 heterocycles. The maximum absolute atomic E-state index is 12.7. The highest BCUT2D eigenvalue weighted by atomic mass is 32.2.